The summed E-state index contributed by atoms with van der Waals surface area (Å²) in [5.41, 5.74) is 3.41. The highest BCUT2D eigenvalue weighted by Gasteiger charge is 2.47. The van der Waals surface area contributed by atoms with Crippen LogP contribution in [0.15, 0.2) is 60.9 Å². The number of aromatic nitrogens is 3. The fraction of sp³-hybridized carbons (Fsp3) is 0.465. The lowest BCUT2D eigenvalue weighted by molar-refractivity contribution is -0.136. The number of rotatable bonds is 10. The lowest BCUT2D eigenvalue weighted by Gasteiger charge is -2.53. The summed E-state index contributed by atoms with van der Waals surface area (Å²) in [4.78, 5) is 71.5. The number of carbonyl (C=O) groups is 5. The number of fused-ring (bicyclic) bond motifs is 2. The zero-order valence-corrected chi connectivity index (χ0v) is 32.2. The number of piperidine rings is 2. The summed E-state index contributed by atoms with van der Waals surface area (Å²) in [7, 11) is 1.59. The molecule has 5 amide bonds. The van der Waals surface area contributed by atoms with Gasteiger partial charge in [0.05, 0.1) is 35.5 Å². The Bertz CT molecular complexity index is 2230. The summed E-state index contributed by atoms with van der Waals surface area (Å²) in [6, 6.07) is 13.7. The molecule has 14 heteroatoms. The van der Waals surface area contributed by atoms with Crippen molar-refractivity contribution in [1.82, 2.24) is 29.9 Å². The molecule has 5 heterocycles. The van der Waals surface area contributed by atoms with Gasteiger partial charge in [-0.05, 0) is 118 Å². The minimum absolute atomic E-state index is 0.0974. The monoisotopic (exact) mass is 772 g/mol. The number of hydrogen-bond acceptors (Lipinski definition) is 10. The molecule has 2 aromatic heterocycles. The van der Waals surface area contributed by atoms with Crippen LogP contribution in [0.2, 0.25) is 0 Å². The molecule has 3 aliphatic heterocycles. The van der Waals surface area contributed by atoms with Gasteiger partial charge >= 0.3 is 0 Å². The third-order valence-electron chi connectivity index (χ3n) is 13.1. The van der Waals surface area contributed by atoms with Crippen molar-refractivity contribution in [2.24, 2.45) is 17.3 Å². The molecule has 9 rings (SSSR count). The maximum Gasteiger partial charge on any atom is 0.274 e. The van der Waals surface area contributed by atoms with Crippen molar-refractivity contribution in [3.63, 3.8) is 0 Å². The molecule has 1 unspecified atom stereocenters. The van der Waals surface area contributed by atoms with Crippen LogP contribution in [0.5, 0.6) is 5.75 Å². The zero-order chi connectivity index (χ0) is 39.3. The summed E-state index contributed by atoms with van der Waals surface area (Å²) < 4.78 is 7.71. The number of imide groups is 2. The molecular weight excluding hydrogens is 725 g/mol. The third-order valence-corrected chi connectivity index (χ3v) is 13.1. The number of ether oxygens (including phenoxy) is 1. The molecule has 0 radical (unpaired) electrons. The Hall–Kier alpha value is -5.63. The largest absolute Gasteiger partial charge is 0.494 e. The van der Waals surface area contributed by atoms with E-state index in [1.54, 1.807) is 43.6 Å². The first-order chi connectivity index (χ1) is 27.7. The molecule has 3 N–H and O–H groups in total. The molecule has 5 aliphatic rings. The van der Waals surface area contributed by atoms with Crippen LogP contribution in [0.25, 0.3) is 10.9 Å². The van der Waals surface area contributed by atoms with Gasteiger partial charge in [0, 0.05) is 49.0 Å². The second-order valence-corrected chi connectivity index (χ2v) is 16.7. The van der Waals surface area contributed by atoms with Crippen molar-refractivity contribution in [2.75, 3.05) is 43.9 Å². The smallest absolute Gasteiger partial charge is 0.274 e. The highest BCUT2D eigenvalue weighted by atomic mass is 16.5. The van der Waals surface area contributed by atoms with Crippen molar-refractivity contribution >= 4 is 51.8 Å². The van der Waals surface area contributed by atoms with Crippen molar-refractivity contribution < 1.29 is 28.7 Å². The van der Waals surface area contributed by atoms with E-state index in [2.05, 4.69) is 36.7 Å². The Morgan fingerprint density at radius 1 is 0.930 bits per heavy atom. The number of benzene rings is 2. The van der Waals surface area contributed by atoms with Crippen molar-refractivity contribution in [3.8, 4) is 5.75 Å². The molecular formula is C43H48N8O6. The molecule has 57 heavy (non-hydrogen) atoms. The SMILES string of the molecule is COc1cc2nn(C3CCC(CN4CCC5(CC4)CC(CNc4cccc6c4C(=O)N(C4CCC(=O)NC4=O)C6=O)C5)CC3)cc2cc1NC(=O)c1ccccn1. The van der Waals surface area contributed by atoms with Gasteiger partial charge in [0.1, 0.15) is 17.5 Å². The minimum Gasteiger partial charge on any atom is -0.494 e. The van der Waals surface area contributed by atoms with Crippen molar-refractivity contribution in [3.05, 3.63) is 77.7 Å². The predicted octanol–water partition coefficient (Wildman–Crippen LogP) is 5.43. The molecule has 4 fully saturated rings. The molecule has 0 bridgehead atoms. The number of pyridine rings is 1. The first-order valence-corrected chi connectivity index (χ1v) is 20.3. The second kappa shape index (κ2) is 15.0. The fourth-order valence-corrected chi connectivity index (χ4v) is 10.0. The van der Waals surface area contributed by atoms with E-state index in [0.717, 1.165) is 67.7 Å². The number of hydrogen-bond donors (Lipinski definition) is 3. The average Bonchev–Trinajstić information content (AvgIpc) is 3.74. The zero-order valence-electron chi connectivity index (χ0n) is 32.2. The van der Waals surface area contributed by atoms with Crippen LogP contribution in [0.1, 0.15) is 101 Å². The molecule has 1 spiro atoms. The molecule has 1 atom stereocenters. The normalized spacial score (nSPS) is 23.7. The van der Waals surface area contributed by atoms with Crippen LogP contribution in [0.3, 0.4) is 0 Å². The number of carbonyl (C=O) groups excluding carboxylic acids is 5. The van der Waals surface area contributed by atoms with Crippen molar-refractivity contribution in [2.45, 2.75) is 76.3 Å². The molecule has 4 aromatic rings. The quantitative estimate of drug-likeness (QED) is 0.177. The molecule has 14 nitrogen and oxygen atoms in total. The van der Waals surface area contributed by atoms with Crippen LogP contribution in [-0.4, -0.2) is 93.4 Å². The van der Waals surface area contributed by atoms with Gasteiger partial charge in [0.25, 0.3) is 17.7 Å². The molecule has 2 saturated heterocycles. The van der Waals surface area contributed by atoms with Gasteiger partial charge in [-0.3, -0.25) is 43.9 Å². The third kappa shape index (κ3) is 7.15. The average molecular weight is 773 g/mol. The van der Waals surface area contributed by atoms with E-state index < -0.39 is 23.8 Å². The predicted molar refractivity (Wildman–Crippen MR) is 212 cm³/mol. The molecule has 296 valence electrons. The van der Waals surface area contributed by atoms with E-state index >= 15 is 0 Å². The van der Waals surface area contributed by atoms with Gasteiger partial charge in [0.2, 0.25) is 11.8 Å². The van der Waals surface area contributed by atoms with Crippen LogP contribution in [0.4, 0.5) is 11.4 Å². The van der Waals surface area contributed by atoms with E-state index in [1.807, 2.05) is 18.2 Å². The van der Waals surface area contributed by atoms with Crippen LogP contribution in [-0.2, 0) is 9.59 Å². The fourth-order valence-electron chi connectivity index (χ4n) is 10.0. The highest BCUT2D eigenvalue weighted by molar-refractivity contribution is 6.25. The van der Waals surface area contributed by atoms with Gasteiger partial charge in [-0.2, -0.15) is 5.10 Å². The molecule has 2 aromatic carbocycles. The Kier molecular flexibility index (Phi) is 9.75. The molecule has 2 saturated carbocycles. The highest BCUT2D eigenvalue weighted by Crippen LogP contribution is 2.53. The summed E-state index contributed by atoms with van der Waals surface area (Å²) in [6.45, 7) is 4.14. The maximum absolute atomic E-state index is 13.5. The summed E-state index contributed by atoms with van der Waals surface area (Å²) in [5, 5.41) is 14.6. The van der Waals surface area contributed by atoms with Gasteiger partial charge in [-0.25, -0.2) is 0 Å². The van der Waals surface area contributed by atoms with Crippen LogP contribution >= 0.6 is 0 Å². The number of amides is 5. The Morgan fingerprint density at radius 3 is 2.47 bits per heavy atom. The topological polar surface area (TPSA) is 168 Å². The van der Waals surface area contributed by atoms with E-state index in [9.17, 15) is 24.0 Å². The lowest BCUT2D eigenvalue weighted by atomic mass is 9.57. The van der Waals surface area contributed by atoms with Gasteiger partial charge < -0.3 is 20.3 Å². The molecule has 2 aliphatic carbocycles. The van der Waals surface area contributed by atoms with Crippen molar-refractivity contribution in [1.29, 1.82) is 0 Å². The first-order valence-electron chi connectivity index (χ1n) is 20.3. The second-order valence-electron chi connectivity index (χ2n) is 16.7. The Balaban J connectivity index is 0.730. The number of nitrogens with zero attached hydrogens (tertiary/aromatic N) is 5. The Morgan fingerprint density at radius 2 is 1.74 bits per heavy atom. The number of anilines is 2. The first kappa shape index (κ1) is 37.0. The lowest BCUT2D eigenvalue weighted by Crippen LogP contribution is -2.54. The van der Waals surface area contributed by atoms with Crippen LogP contribution < -0.4 is 20.7 Å². The van der Waals surface area contributed by atoms with Gasteiger partial charge in [-0.1, -0.05) is 12.1 Å². The minimum atomic E-state index is -0.971. The van der Waals surface area contributed by atoms with E-state index in [-0.39, 0.29) is 24.7 Å². The van der Waals surface area contributed by atoms with E-state index in [4.69, 9.17) is 9.84 Å². The number of likely N-dealkylation sites (tertiary alicyclic amines) is 1. The number of methoxy groups -OCH3 is 1. The standard InChI is InChI=1S/C43H48N8O6/c1-57-36-20-33-28(19-34(36)46-39(53)32-6-2-3-16-44-32)25-50(48-33)29-10-8-26(9-11-29)24-49-17-14-43(15-18-49)21-27(22-43)23-45-31-7-4-5-30-38(31)42(56)51(41(30)55)35-12-13-37(52)47-40(35)54/h2-7,16,19-20,25-27,29,35,45H,8-15,17-18,21-24H2,1H3,(H,46,53)(H,47,52,54). The summed E-state index contributed by atoms with van der Waals surface area (Å²) in [5.74, 6) is -0.494. The Labute approximate surface area is 330 Å². The maximum atomic E-state index is 13.5. The van der Waals surface area contributed by atoms with Crippen LogP contribution in [0, 0.1) is 17.3 Å². The van der Waals surface area contributed by atoms with Gasteiger partial charge in [-0.15, -0.1) is 0 Å². The summed E-state index contributed by atoms with van der Waals surface area (Å²) in [6.07, 6.45) is 13.2. The summed E-state index contributed by atoms with van der Waals surface area (Å²) >= 11 is 0. The van der Waals surface area contributed by atoms with Gasteiger partial charge in [0.15, 0.2) is 0 Å². The number of nitrogens with one attached hydrogen (secondary N) is 3. The van der Waals surface area contributed by atoms with E-state index in [0.29, 0.717) is 57.2 Å². The van der Waals surface area contributed by atoms with E-state index in [1.165, 1.54) is 25.7 Å².